The summed E-state index contributed by atoms with van der Waals surface area (Å²) in [5, 5.41) is 9.21. The molecule has 3 unspecified atom stereocenters. The number of urea groups is 1. The van der Waals surface area contributed by atoms with E-state index in [0.29, 0.717) is 6.54 Å². The van der Waals surface area contributed by atoms with Crippen LogP contribution in [0.15, 0.2) is 0 Å². The molecule has 1 saturated heterocycles. The number of carbonyl (C=O) groups is 2. The smallest absolute Gasteiger partial charge is 0.326 e. The van der Waals surface area contributed by atoms with Gasteiger partial charge in [0.2, 0.25) is 0 Å². The lowest BCUT2D eigenvalue weighted by Gasteiger charge is -2.32. The monoisotopic (exact) mass is 274 g/mol. The summed E-state index contributed by atoms with van der Waals surface area (Å²) in [5.41, 5.74) is 0. The van der Waals surface area contributed by atoms with E-state index >= 15 is 0 Å². The van der Waals surface area contributed by atoms with Crippen LogP contribution in [0.1, 0.15) is 20.3 Å². The van der Waals surface area contributed by atoms with E-state index < -0.39 is 12.0 Å². The lowest BCUT2D eigenvalue weighted by Crippen LogP contribution is -2.50. The summed E-state index contributed by atoms with van der Waals surface area (Å²) < 4.78 is 0. The van der Waals surface area contributed by atoms with Crippen molar-refractivity contribution >= 4 is 23.8 Å². The van der Waals surface area contributed by atoms with Crippen LogP contribution in [0.3, 0.4) is 0 Å². The van der Waals surface area contributed by atoms with Gasteiger partial charge in [-0.05, 0) is 25.5 Å². The molecule has 3 atom stereocenters. The second kappa shape index (κ2) is 6.31. The van der Waals surface area contributed by atoms with Crippen LogP contribution in [0.5, 0.6) is 0 Å². The lowest BCUT2D eigenvalue weighted by molar-refractivity contribution is -0.142. The maximum absolute atomic E-state index is 12.3. The summed E-state index contributed by atoms with van der Waals surface area (Å²) in [6.45, 7) is 4.40. The third-order valence-electron chi connectivity index (χ3n) is 3.57. The summed E-state index contributed by atoms with van der Waals surface area (Å²) in [7, 11) is 1.74. The van der Waals surface area contributed by atoms with Crippen molar-refractivity contribution in [3.8, 4) is 0 Å². The fraction of sp³-hybridized carbons (Fsp3) is 0.833. The van der Waals surface area contributed by atoms with Crippen molar-refractivity contribution in [2.75, 3.05) is 25.6 Å². The van der Waals surface area contributed by atoms with E-state index in [2.05, 4.69) is 0 Å². The van der Waals surface area contributed by atoms with Crippen molar-refractivity contribution in [2.24, 2.45) is 5.92 Å². The highest BCUT2D eigenvalue weighted by atomic mass is 32.2. The van der Waals surface area contributed by atoms with Crippen LogP contribution in [0, 0.1) is 5.92 Å². The standard InChI is InChI=1S/C12H22N2O3S/c1-8-5-6-14(10(8)11(15)16)12(17)13(3)9(2)7-18-4/h8-10H,5-7H2,1-4H3,(H,15,16). The highest BCUT2D eigenvalue weighted by Gasteiger charge is 2.41. The van der Waals surface area contributed by atoms with E-state index in [1.807, 2.05) is 20.1 Å². The molecule has 18 heavy (non-hydrogen) atoms. The first-order valence-corrected chi connectivity index (χ1v) is 7.54. The van der Waals surface area contributed by atoms with Gasteiger partial charge in [0.25, 0.3) is 0 Å². The molecule has 0 aliphatic carbocycles. The van der Waals surface area contributed by atoms with Gasteiger partial charge in [0.1, 0.15) is 6.04 Å². The van der Waals surface area contributed by atoms with Crippen molar-refractivity contribution in [3.05, 3.63) is 0 Å². The van der Waals surface area contributed by atoms with Crippen LogP contribution in [-0.4, -0.2) is 64.6 Å². The number of hydrogen-bond donors (Lipinski definition) is 1. The number of hydrogen-bond acceptors (Lipinski definition) is 3. The zero-order chi connectivity index (χ0) is 13.9. The maximum Gasteiger partial charge on any atom is 0.326 e. The maximum atomic E-state index is 12.3. The number of rotatable bonds is 4. The molecule has 1 N–H and O–H groups in total. The van der Waals surface area contributed by atoms with Gasteiger partial charge in [-0.15, -0.1) is 0 Å². The minimum absolute atomic E-state index is 0.0238. The SMILES string of the molecule is CSCC(C)N(C)C(=O)N1CCC(C)C1C(=O)O. The number of amides is 2. The number of carboxylic acid groups (broad SMARTS) is 1. The van der Waals surface area contributed by atoms with E-state index in [0.717, 1.165) is 12.2 Å². The van der Waals surface area contributed by atoms with Crippen LogP contribution in [0.25, 0.3) is 0 Å². The molecule has 0 aromatic rings. The Labute approximate surface area is 113 Å². The first kappa shape index (κ1) is 15.1. The van der Waals surface area contributed by atoms with Crippen molar-refractivity contribution < 1.29 is 14.7 Å². The van der Waals surface area contributed by atoms with E-state index in [9.17, 15) is 14.7 Å². The minimum atomic E-state index is -0.903. The Hall–Kier alpha value is -0.910. The summed E-state index contributed by atoms with van der Waals surface area (Å²) in [4.78, 5) is 26.7. The van der Waals surface area contributed by atoms with E-state index in [1.54, 1.807) is 23.7 Å². The summed E-state index contributed by atoms with van der Waals surface area (Å²) in [5.74, 6) is -0.0291. The zero-order valence-corrected chi connectivity index (χ0v) is 12.2. The van der Waals surface area contributed by atoms with E-state index in [-0.39, 0.29) is 18.0 Å². The van der Waals surface area contributed by atoms with Gasteiger partial charge < -0.3 is 14.9 Å². The second-order valence-corrected chi connectivity index (χ2v) is 5.85. The minimum Gasteiger partial charge on any atom is -0.480 e. The second-order valence-electron chi connectivity index (χ2n) is 4.94. The largest absolute Gasteiger partial charge is 0.480 e. The number of carboxylic acids is 1. The third-order valence-corrected chi connectivity index (χ3v) is 4.39. The Kier molecular flexibility index (Phi) is 5.31. The lowest BCUT2D eigenvalue weighted by atomic mass is 10.0. The van der Waals surface area contributed by atoms with Crippen LogP contribution >= 0.6 is 11.8 Å². The number of aliphatic carboxylic acids is 1. The van der Waals surface area contributed by atoms with Gasteiger partial charge in [0.15, 0.2) is 0 Å². The van der Waals surface area contributed by atoms with Gasteiger partial charge in [-0.25, -0.2) is 9.59 Å². The van der Waals surface area contributed by atoms with Crippen LogP contribution in [-0.2, 0) is 4.79 Å². The number of thioether (sulfide) groups is 1. The zero-order valence-electron chi connectivity index (χ0n) is 11.4. The van der Waals surface area contributed by atoms with Gasteiger partial charge in [-0.1, -0.05) is 6.92 Å². The molecule has 0 radical (unpaired) electrons. The van der Waals surface area contributed by atoms with Gasteiger partial charge >= 0.3 is 12.0 Å². The highest BCUT2D eigenvalue weighted by Crippen LogP contribution is 2.25. The van der Waals surface area contributed by atoms with Crippen molar-refractivity contribution in [2.45, 2.75) is 32.4 Å². The Morgan fingerprint density at radius 3 is 2.67 bits per heavy atom. The normalized spacial score (nSPS) is 25.0. The predicted molar refractivity (Wildman–Crippen MR) is 72.9 cm³/mol. The molecule has 1 aliphatic rings. The predicted octanol–water partition coefficient (Wildman–Crippen LogP) is 1.58. The van der Waals surface area contributed by atoms with Crippen molar-refractivity contribution in [3.63, 3.8) is 0 Å². The number of likely N-dealkylation sites (tertiary alicyclic amines) is 1. The van der Waals surface area contributed by atoms with Gasteiger partial charge in [0, 0.05) is 25.4 Å². The molecule has 2 amide bonds. The molecule has 1 heterocycles. The third kappa shape index (κ3) is 3.10. The van der Waals surface area contributed by atoms with E-state index in [4.69, 9.17) is 0 Å². The Morgan fingerprint density at radius 2 is 2.17 bits per heavy atom. The quantitative estimate of drug-likeness (QED) is 0.845. The van der Waals surface area contributed by atoms with E-state index in [1.165, 1.54) is 4.90 Å². The Balaban J connectivity index is 2.74. The van der Waals surface area contributed by atoms with Crippen LogP contribution in [0.2, 0.25) is 0 Å². The molecule has 104 valence electrons. The molecule has 1 rings (SSSR count). The molecule has 0 aromatic carbocycles. The molecular formula is C12H22N2O3S. The average molecular weight is 274 g/mol. The molecule has 0 spiro atoms. The topological polar surface area (TPSA) is 60.9 Å². The Morgan fingerprint density at radius 1 is 1.56 bits per heavy atom. The fourth-order valence-corrected chi connectivity index (χ4v) is 2.99. The first-order chi connectivity index (χ1) is 8.40. The number of carbonyl (C=O) groups excluding carboxylic acids is 1. The molecule has 1 fully saturated rings. The molecule has 1 aliphatic heterocycles. The van der Waals surface area contributed by atoms with Crippen LogP contribution in [0.4, 0.5) is 4.79 Å². The molecule has 0 aromatic heterocycles. The Bertz CT molecular complexity index is 324. The molecular weight excluding hydrogens is 252 g/mol. The molecule has 6 heteroatoms. The highest BCUT2D eigenvalue weighted by molar-refractivity contribution is 7.98. The van der Waals surface area contributed by atoms with Crippen molar-refractivity contribution in [1.29, 1.82) is 0 Å². The van der Waals surface area contributed by atoms with Crippen molar-refractivity contribution in [1.82, 2.24) is 9.80 Å². The molecule has 5 nitrogen and oxygen atoms in total. The number of nitrogens with zero attached hydrogens (tertiary/aromatic N) is 2. The van der Waals surface area contributed by atoms with Gasteiger partial charge in [-0.2, -0.15) is 11.8 Å². The summed E-state index contributed by atoms with van der Waals surface area (Å²) in [6, 6.07) is -0.743. The van der Waals surface area contributed by atoms with Crippen LogP contribution < -0.4 is 0 Å². The molecule has 0 bridgehead atoms. The van der Waals surface area contributed by atoms with Gasteiger partial charge in [0.05, 0.1) is 0 Å². The summed E-state index contributed by atoms with van der Waals surface area (Å²) >= 11 is 1.68. The molecule has 0 saturated carbocycles. The average Bonchev–Trinajstić information content (AvgIpc) is 2.69. The first-order valence-electron chi connectivity index (χ1n) is 6.15. The fourth-order valence-electron chi connectivity index (χ4n) is 2.28. The summed E-state index contributed by atoms with van der Waals surface area (Å²) in [6.07, 6.45) is 2.75. The van der Waals surface area contributed by atoms with Gasteiger partial charge in [-0.3, -0.25) is 0 Å².